The second-order valence-electron chi connectivity index (χ2n) is 4.08. The largest absolute Gasteiger partial charge is 0.347 e. The minimum Gasteiger partial charge on any atom is -0.347 e. The highest BCUT2D eigenvalue weighted by Crippen LogP contribution is 2.13. The van der Waals surface area contributed by atoms with Crippen molar-refractivity contribution >= 4 is 17.2 Å². The minimum atomic E-state index is -0.0177. The van der Waals surface area contributed by atoms with Gasteiger partial charge >= 0.3 is 0 Å². The molecule has 18 heavy (non-hydrogen) atoms. The molecule has 0 radical (unpaired) electrons. The van der Waals surface area contributed by atoms with Crippen molar-refractivity contribution in [1.29, 1.82) is 0 Å². The highest BCUT2D eigenvalue weighted by molar-refractivity contribution is 7.09. The summed E-state index contributed by atoms with van der Waals surface area (Å²) in [6.45, 7) is 2.03. The van der Waals surface area contributed by atoms with Gasteiger partial charge in [-0.05, 0) is 24.3 Å². The van der Waals surface area contributed by atoms with Crippen LogP contribution >= 0.6 is 11.3 Å². The highest BCUT2D eigenvalue weighted by Gasteiger charge is 2.14. The molecule has 5 heteroatoms. The van der Waals surface area contributed by atoms with E-state index in [1.165, 1.54) is 4.88 Å². The fraction of sp³-hybridized carbons (Fsp3) is 0.385. The van der Waals surface area contributed by atoms with E-state index in [-0.39, 0.29) is 11.9 Å². The molecule has 0 spiro atoms. The van der Waals surface area contributed by atoms with Crippen molar-refractivity contribution < 1.29 is 4.79 Å². The number of carbonyl (C=O) groups is 1. The standard InChI is InChI=1S/C13H17N3OS/c1-2-11(13-14-7-8-15-13)16-12(17)6-5-10-4-3-9-18-10/h3-4,7-9,11H,2,5-6H2,1H3,(H,14,15)(H,16,17). The zero-order valence-electron chi connectivity index (χ0n) is 10.3. The predicted octanol–water partition coefficient (Wildman–Crippen LogP) is 2.67. The first kappa shape index (κ1) is 12.8. The molecule has 0 fully saturated rings. The number of nitrogens with zero attached hydrogens (tertiary/aromatic N) is 1. The van der Waals surface area contributed by atoms with E-state index in [1.807, 2.05) is 18.4 Å². The van der Waals surface area contributed by atoms with Crippen LogP contribution in [0.1, 0.15) is 36.5 Å². The van der Waals surface area contributed by atoms with E-state index in [1.54, 1.807) is 23.7 Å². The summed E-state index contributed by atoms with van der Waals surface area (Å²) in [6.07, 6.45) is 5.64. The lowest BCUT2D eigenvalue weighted by Gasteiger charge is -2.14. The SMILES string of the molecule is CCC(NC(=O)CCc1cccs1)c1ncc[nH]1. The summed E-state index contributed by atoms with van der Waals surface area (Å²) in [6, 6.07) is 4.05. The number of amides is 1. The van der Waals surface area contributed by atoms with Crippen LogP contribution < -0.4 is 5.32 Å². The van der Waals surface area contributed by atoms with E-state index in [0.29, 0.717) is 6.42 Å². The molecule has 0 bridgehead atoms. The molecule has 0 aliphatic carbocycles. The highest BCUT2D eigenvalue weighted by atomic mass is 32.1. The quantitative estimate of drug-likeness (QED) is 0.841. The lowest BCUT2D eigenvalue weighted by molar-refractivity contribution is -0.121. The van der Waals surface area contributed by atoms with E-state index < -0.39 is 0 Å². The average molecular weight is 263 g/mol. The van der Waals surface area contributed by atoms with Crippen LogP contribution in [0.5, 0.6) is 0 Å². The Hall–Kier alpha value is -1.62. The van der Waals surface area contributed by atoms with E-state index in [4.69, 9.17) is 0 Å². The maximum absolute atomic E-state index is 11.9. The fourth-order valence-electron chi connectivity index (χ4n) is 1.79. The summed E-state index contributed by atoms with van der Waals surface area (Å²) in [5.74, 6) is 0.897. The predicted molar refractivity (Wildman–Crippen MR) is 72.4 cm³/mol. The summed E-state index contributed by atoms with van der Waals surface area (Å²) < 4.78 is 0. The number of thiophene rings is 1. The summed E-state index contributed by atoms with van der Waals surface area (Å²) in [5, 5.41) is 5.04. The first-order valence-corrected chi connectivity index (χ1v) is 6.98. The number of hydrogen-bond acceptors (Lipinski definition) is 3. The normalized spacial score (nSPS) is 12.3. The maximum atomic E-state index is 11.9. The molecule has 4 nitrogen and oxygen atoms in total. The molecule has 0 aromatic carbocycles. The van der Waals surface area contributed by atoms with Gasteiger partial charge in [0.1, 0.15) is 5.82 Å². The molecular formula is C13H17N3OS. The van der Waals surface area contributed by atoms with Gasteiger partial charge in [-0.2, -0.15) is 0 Å². The summed E-state index contributed by atoms with van der Waals surface area (Å²) >= 11 is 1.69. The van der Waals surface area contributed by atoms with E-state index in [0.717, 1.165) is 18.7 Å². The molecule has 2 rings (SSSR count). The third-order valence-corrected chi connectivity index (χ3v) is 3.71. The number of aryl methyl sites for hydroxylation is 1. The topological polar surface area (TPSA) is 57.8 Å². The van der Waals surface area contributed by atoms with E-state index >= 15 is 0 Å². The molecule has 2 aromatic rings. The number of aromatic amines is 1. The van der Waals surface area contributed by atoms with E-state index in [2.05, 4.69) is 21.4 Å². The van der Waals surface area contributed by atoms with Gasteiger partial charge in [0.2, 0.25) is 5.91 Å². The van der Waals surface area contributed by atoms with Crippen LogP contribution in [0.25, 0.3) is 0 Å². The number of hydrogen-bond donors (Lipinski definition) is 2. The van der Waals surface area contributed by atoms with Crippen molar-refractivity contribution in [3.05, 3.63) is 40.6 Å². The first-order chi connectivity index (χ1) is 8.79. The fourth-order valence-corrected chi connectivity index (χ4v) is 2.50. The first-order valence-electron chi connectivity index (χ1n) is 6.10. The van der Waals surface area contributed by atoms with Gasteiger partial charge in [0, 0.05) is 23.7 Å². The Labute approximate surface area is 110 Å². The number of carbonyl (C=O) groups excluding carboxylic acids is 1. The van der Waals surface area contributed by atoms with Crippen molar-refractivity contribution in [3.63, 3.8) is 0 Å². The second kappa shape index (κ2) is 6.35. The lowest BCUT2D eigenvalue weighted by Crippen LogP contribution is -2.28. The van der Waals surface area contributed by atoms with Crippen LogP contribution in [0.4, 0.5) is 0 Å². The van der Waals surface area contributed by atoms with Gasteiger partial charge in [-0.1, -0.05) is 13.0 Å². The van der Waals surface area contributed by atoms with Crippen molar-refractivity contribution in [2.75, 3.05) is 0 Å². The Morgan fingerprint density at radius 2 is 2.50 bits per heavy atom. The van der Waals surface area contributed by atoms with Gasteiger partial charge in [0.25, 0.3) is 0 Å². The Balaban J connectivity index is 1.82. The third-order valence-electron chi connectivity index (χ3n) is 2.77. The molecule has 1 atom stereocenters. The Kier molecular flexibility index (Phi) is 4.52. The molecule has 2 N–H and O–H groups in total. The number of aromatic nitrogens is 2. The van der Waals surface area contributed by atoms with Crippen LogP contribution in [0, 0.1) is 0 Å². The number of rotatable bonds is 6. The smallest absolute Gasteiger partial charge is 0.220 e. The van der Waals surface area contributed by atoms with Gasteiger partial charge in [0.05, 0.1) is 6.04 Å². The van der Waals surface area contributed by atoms with Crippen LogP contribution in [0.3, 0.4) is 0 Å². The summed E-state index contributed by atoms with van der Waals surface area (Å²) in [7, 11) is 0. The average Bonchev–Trinajstić information content (AvgIpc) is 3.05. The molecule has 0 aliphatic heterocycles. The van der Waals surface area contributed by atoms with Crippen molar-refractivity contribution in [1.82, 2.24) is 15.3 Å². The van der Waals surface area contributed by atoms with Crippen molar-refractivity contribution in [2.24, 2.45) is 0 Å². The van der Waals surface area contributed by atoms with Gasteiger partial charge in [-0.15, -0.1) is 11.3 Å². The van der Waals surface area contributed by atoms with Gasteiger partial charge in [-0.25, -0.2) is 4.98 Å². The molecule has 0 saturated heterocycles. The third kappa shape index (κ3) is 3.43. The molecule has 0 saturated carbocycles. The zero-order valence-corrected chi connectivity index (χ0v) is 11.2. The number of imidazole rings is 1. The van der Waals surface area contributed by atoms with Gasteiger partial charge in [0.15, 0.2) is 0 Å². The van der Waals surface area contributed by atoms with E-state index in [9.17, 15) is 4.79 Å². The number of nitrogens with one attached hydrogen (secondary N) is 2. The maximum Gasteiger partial charge on any atom is 0.220 e. The Morgan fingerprint density at radius 1 is 1.61 bits per heavy atom. The van der Waals surface area contributed by atoms with Crippen molar-refractivity contribution in [3.8, 4) is 0 Å². The Morgan fingerprint density at radius 3 is 3.11 bits per heavy atom. The minimum absolute atomic E-state index is 0.0177. The van der Waals surface area contributed by atoms with Crippen molar-refractivity contribution in [2.45, 2.75) is 32.2 Å². The summed E-state index contributed by atoms with van der Waals surface area (Å²) in [4.78, 5) is 20.3. The van der Waals surface area contributed by atoms with Gasteiger partial charge in [-0.3, -0.25) is 4.79 Å². The molecule has 2 heterocycles. The van der Waals surface area contributed by atoms with Crippen LogP contribution in [-0.2, 0) is 11.2 Å². The zero-order chi connectivity index (χ0) is 12.8. The molecule has 96 valence electrons. The lowest BCUT2D eigenvalue weighted by atomic mass is 10.2. The van der Waals surface area contributed by atoms with Crippen LogP contribution in [0.2, 0.25) is 0 Å². The molecule has 0 aliphatic rings. The number of H-pyrrole nitrogens is 1. The van der Waals surface area contributed by atoms with Gasteiger partial charge < -0.3 is 10.3 Å². The van der Waals surface area contributed by atoms with Crippen LogP contribution in [-0.4, -0.2) is 15.9 Å². The molecule has 2 aromatic heterocycles. The summed E-state index contributed by atoms with van der Waals surface area (Å²) in [5.41, 5.74) is 0. The second-order valence-corrected chi connectivity index (χ2v) is 5.11. The molecular weight excluding hydrogens is 246 g/mol. The monoisotopic (exact) mass is 263 g/mol. The molecule has 1 unspecified atom stereocenters. The molecule has 1 amide bonds. The Bertz CT molecular complexity index is 464. The van der Waals surface area contributed by atoms with Crippen LogP contribution in [0.15, 0.2) is 29.9 Å².